The lowest BCUT2D eigenvalue weighted by atomic mass is 9.95. The maximum absolute atomic E-state index is 11.7. The highest BCUT2D eigenvalue weighted by atomic mass is 16.5. The monoisotopic (exact) mass is 271 g/mol. The molecule has 2 rings (SSSR count). The first-order valence-corrected chi connectivity index (χ1v) is 5.92. The van der Waals surface area contributed by atoms with Gasteiger partial charge < -0.3 is 20.7 Å². The lowest BCUT2D eigenvalue weighted by Crippen LogP contribution is -2.46. The summed E-state index contributed by atoms with van der Waals surface area (Å²) in [6.45, 7) is 1.06. The number of aromatic nitrogens is 2. The van der Waals surface area contributed by atoms with Gasteiger partial charge in [0.2, 0.25) is 0 Å². The zero-order chi connectivity index (χ0) is 14.2. The van der Waals surface area contributed by atoms with E-state index in [2.05, 4.69) is 4.98 Å². The van der Waals surface area contributed by atoms with E-state index in [1.54, 1.807) is 6.92 Å². The summed E-state index contributed by atoms with van der Waals surface area (Å²) in [5.41, 5.74) is 3.36. The molecule has 0 unspecified atom stereocenters. The highest BCUT2D eigenvalue weighted by molar-refractivity contribution is 5.03. The van der Waals surface area contributed by atoms with Crippen LogP contribution in [-0.2, 0) is 4.74 Å². The van der Waals surface area contributed by atoms with Crippen molar-refractivity contribution in [1.29, 1.82) is 0 Å². The summed E-state index contributed by atoms with van der Waals surface area (Å²) in [5.74, 6) is 0. The third-order valence-corrected chi connectivity index (χ3v) is 3.42. The van der Waals surface area contributed by atoms with Gasteiger partial charge in [0, 0.05) is 24.7 Å². The molecule has 1 aromatic heterocycles. The van der Waals surface area contributed by atoms with Gasteiger partial charge in [-0.2, -0.15) is 0 Å². The Kier molecular flexibility index (Phi) is 3.59. The fourth-order valence-corrected chi connectivity index (χ4v) is 2.19. The summed E-state index contributed by atoms with van der Waals surface area (Å²) in [6.07, 6.45) is -0.196. The summed E-state index contributed by atoms with van der Waals surface area (Å²) >= 11 is 0. The van der Waals surface area contributed by atoms with Crippen molar-refractivity contribution in [3.63, 3.8) is 0 Å². The van der Waals surface area contributed by atoms with E-state index in [4.69, 9.17) is 10.5 Å². The van der Waals surface area contributed by atoms with Crippen LogP contribution in [0.3, 0.4) is 0 Å². The molecular weight excluding hydrogens is 254 g/mol. The molecule has 5 N–H and O–H groups in total. The van der Waals surface area contributed by atoms with E-state index >= 15 is 0 Å². The van der Waals surface area contributed by atoms with Crippen LogP contribution >= 0.6 is 0 Å². The number of aliphatic hydroxyl groups excluding tert-OH is 1. The Morgan fingerprint density at radius 1 is 1.63 bits per heavy atom. The van der Waals surface area contributed by atoms with Crippen molar-refractivity contribution >= 4 is 0 Å². The molecule has 1 aliphatic heterocycles. The maximum atomic E-state index is 11.7. The van der Waals surface area contributed by atoms with E-state index in [1.807, 2.05) is 0 Å². The van der Waals surface area contributed by atoms with Gasteiger partial charge in [0.25, 0.3) is 5.56 Å². The SMILES string of the molecule is Cc1cn([C@H]2C[C@@](O)(CN)[C@@H](CO)O2)c(=O)[nH]c1=O. The van der Waals surface area contributed by atoms with E-state index in [1.165, 1.54) is 10.8 Å². The summed E-state index contributed by atoms with van der Waals surface area (Å²) in [4.78, 5) is 25.2. The quantitative estimate of drug-likeness (QED) is 0.494. The smallest absolute Gasteiger partial charge is 0.330 e. The lowest BCUT2D eigenvalue weighted by Gasteiger charge is -2.24. The van der Waals surface area contributed by atoms with E-state index in [-0.39, 0.29) is 13.0 Å². The summed E-state index contributed by atoms with van der Waals surface area (Å²) in [5, 5.41) is 19.4. The predicted octanol–water partition coefficient (Wildman–Crippen LogP) is -2.19. The van der Waals surface area contributed by atoms with Crippen LogP contribution < -0.4 is 17.0 Å². The maximum Gasteiger partial charge on any atom is 0.330 e. The molecule has 1 saturated heterocycles. The predicted molar refractivity (Wildman–Crippen MR) is 65.7 cm³/mol. The highest BCUT2D eigenvalue weighted by Crippen LogP contribution is 2.35. The van der Waals surface area contributed by atoms with Gasteiger partial charge in [-0.15, -0.1) is 0 Å². The average molecular weight is 271 g/mol. The number of hydrogen-bond donors (Lipinski definition) is 4. The molecule has 8 heteroatoms. The standard InChI is InChI=1S/C11H17N3O5/c1-6-3-14(10(17)13-9(6)16)8-2-11(18,5-12)7(4-15)19-8/h3,7-8,15,18H,2,4-5,12H2,1H3,(H,13,16,17)/t7-,8-,11-/m1/s1. The third kappa shape index (κ3) is 2.35. The van der Waals surface area contributed by atoms with Gasteiger partial charge in [0.05, 0.1) is 6.61 Å². The van der Waals surface area contributed by atoms with E-state index in [9.17, 15) is 19.8 Å². The molecule has 2 heterocycles. The molecule has 1 fully saturated rings. The fraction of sp³-hybridized carbons (Fsp3) is 0.636. The first-order chi connectivity index (χ1) is 8.91. The van der Waals surface area contributed by atoms with Gasteiger partial charge in [0.1, 0.15) is 17.9 Å². The molecule has 106 valence electrons. The van der Waals surface area contributed by atoms with E-state index in [0.29, 0.717) is 5.56 Å². The minimum atomic E-state index is -1.39. The number of aliphatic hydroxyl groups is 2. The summed E-state index contributed by atoms with van der Waals surface area (Å²) < 4.78 is 6.63. The number of nitrogens with zero attached hydrogens (tertiary/aromatic N) is 1. The summed E-state index contributed by atoms with van der Waals surface area (Å²) in [7, 11) is 0. The first-order valence-electron chi connectivity index (χ1n) is 5.92. The molecule has 0 radical (unpaired) electrons. The van der Waals surface area contributed by atoms with Crippen LogP contribution in [0.2, 0.25) is 0 Å². The zero-order valence-electron chi connectivity index (χ0n) is 10.5. The number of aromatic amines is 1. The molecule has 1 aromatic rings. The van der Waals surface area contributed by atoms with Crippen molar-refractivity contribution < 1.29 is 14.9 Å². The number of hydrogen-bond acceptors (Lipinski definition) is 6. The van der Waals surface area contributed by atoms with Crippen LogP contribution in [-0.4, -0.2) is 44.6 Å². The van der Waals surface area contributed by atoms with Crippen molar-refractivity contribution in [1.82, 2.24) is 9.55 Å². The second kappa shape index (κ2) is 4.89. The lowest BCUT2D eigenvalue weighted by molar-refractivity contribution is -0.0787. The van der Waals surface area contributed by atoms with Crippen molar-refractivity contribution in [3.05, 3.63) is 32.6 Å². The molecule has 0 saturated carbocycles. The van der Waals surface area contributed by atoms with Crippen molar-refractivity contribution in [3.8, 4) is 0 Å². The van der Waals surface area contributed by atoms with Gasteiger partial charge in [-0.1, -0.05) is 0 Å². The molecule has 0 spiro atoms. The Morgan fingerprint density at radius 2 is 2.32 bits per heavy atom. The molecule has 19 heavy (non-hydrogen) atoms. The number of rotatable bonds is 3. The number of H-pyrrole nitrogens is 1. The van der Waals surface area contributed by atoms with Gasteiger partial charge in [-0.3, -0.25) is 14.3 Å². The molecule has 8 nitrogen and oxygen atoms in total. The van der Waals surface area contributed by atoms with E-state index < -0.39 is 35.8 Å². The van der Waals surface area contributed by atoms with Crippen LogP contribution in [0, 0.1) is 6.92 Å². The van der Waals surface area contributed by atoms with Crippen LogP contribution in [0.25, 0.3) is 0 Å². The summed E-state index contributed by atoms with van der Waals surface area (Å²) in [6, 6.07) is 0. The number of nitrogens with two attached hydrogens (primary N) is 1. The van der Waals surface area contributed by atoms with Gasteiger partial charge in [0.15, 0.2) is 0 Å². The van der Waals surface area contributed by atoms with Crippen molar-refractivity contribution in [2.24, 2.45) is 5.73 Å². The average Bonchev–Trinajstić information content (AvgIpc) is 2.71. The molecule has 1 aliphatic rings. The fourth-order valence-electron chi connectivity index (χ4n) is 2.19. The minimum Gasteiger partial charge on any atom is -0.394 e. The Labute approximate surface area is 108 Å². The largest absolute Gasteiger partial charge is 0.394 e. The van der Waals surface area contributed by atoms with Gasteiger partial charge in [-0.05, 0) is 6.92 Å². The van der Waals surface area contributed by atoms with Crippen LogP contribution in [0.4, 0.5) is 0 Å². The highest BCUT2D eigenvalue weighted by Gasteiger charge is 2.47. The van der Waals surface area contributed by atoms with Crippen LogP contribution in [0.1, 0.15) is 18.2 Å². The van der Waals surface area contributed by atoms with Crippen molar-refractivity contribution in [2.45, 2.75) is 31.3 Å². The molecule has 0 bridgehead atoms. The first kappa shape index (κ1) is 13.9. The number of nitrogens with one attached hydrogen (secondary N) is 1. The Hall–Kier alpha value is -1.48. The molecule has 0 aliphatic carbocycles. The second-order valence-electron chi connectivity index (χ2n) is 4.75. The van der Waals surface area contributed by atoms with Gasteiger partial charge in [-0.25, -0.2) is 4.79 Å². The second-order valence-corrected chi connectivity index (χ2v) is 4.75. The Balaban J connectivity index is 2.38. The number of aryl methyl sites for hydroxylation is 1. The van der Waals surface area contributed by atoms with Crippen LogP contribution in [0.5, 0.6) is 0 Å². The third-order valence-electron chi connectivity index (χ3n) is 3.42. The normalized spacial score (nSPS) is 30.7. The topological polar surface area (TPSA) is 131 Å². The number of ether oxygens (including phenoxy) is 1. The Bertz CT molecular complexity index is 580. The molecular formula is C11H17N3O5. The zero-order valence-corrected chi connectivity index (χ0v) is 10.5. The Morgan fingerprint density at radius 3 is 2.84 bits per heavy atom. The van der Waals surface area contributed by atoms with E-state index in [0.717, 1.165) is 0 Å². The molecule has 0 aromatic carbocycles. The molecule has 3 atom stereocenters. The molecule has 0 amide bonds. The minimum absolute atomic E-state index is 0.0696. The van der Waals surface area contributed by atoms with Gasteiger partial charge >= 0.3 is 5.69 Å². The van der Waals surface area contributed by atoms with Crippen molar-refractivity contribution in [2.75, 3.05) is 13.2 Å². The van der Waals surface area contributed by atoms with Crippen LogP contribution in [0.15, 0.2) is 15.8 Å².